The van der Waals surface area contributed by atoms with E-state index in [0.29, 0.717) is 5.56 Å². The fourth-order valence-corrected chi connectivity index (χ4v) is 2.03. The summed E-state index contributed by atoms with van der Waals surface area (Å²) >= 11 is 0. The van der Waals surface area contributed by atoms with Gasteiger partial charge in [0, 0.05) is 0 Å². The number of benzene rings is 1. The Hall–Kier alpha value is -1.66. The van der Waals surface area contributed by atoms with Crippen LogP contribution in [0.25, 0.3) is 0 Å². The largest absolute Gasteiger partial charge is 0.748 e. The van der Waals surface area contributed by atoms with Crippen LogP contribution < -0.4 is 5.32 Å². The summed E-state index contributed by atoms with van der Waals surface area (Å²) < 4.78 is 32.3. The molecule has 1 aromatic rings. The Morgan fingerprint density at radius 2 is 2.00 bits per heavy atom. The Bertz CT molecular complexity index is 495. The van der Waals surface area contributed by atoms with E-state index in [-0.39, 0.29) is 0 Å². The van der Waals surface area contributed by atoms with Gasteiger partial charge in [-0.15, -0.1) is 0 Å². The summed E-state index contributed by atoms with van der Waals surface area (Å²) in [6, 6.07) is 7.56. The third kappa shape index (κ3) is 4.80. The van der Waals surface area contributed by atoms with Crippen molar-refractivity contribution >= 4 is 16.0 Å². The van der Waals surface area contributed by atoms with Crippen LogP contribution in [-0.4, -0.2) is 24.6 Å². The molecule has 0 aliphatic heterocycles. The Balaban J connectivity index is 2.94. The van der Waals surface area contributed by atoms with Crippen molar-refractivity contribution < 1.29 is 17.8 Å². The fourth-order valence-electron chi connectivity index (χ4n) is 1.34. The van der Waals surface area contributed by atoms with Gasteiger partial charge in [-0.3, -0.25) is 4.79 Å². The zero-order chi connectivity index (χ0) is 12.9. The normalized spacial score (nSPS) is 12.8. The van der Waals surface area contributed by atoms with E-state index in [1.54, 1.807) is 30.3 Å². The standard InChI is InChI=1S/C11H13NO4S/c1-2-11(13)12-10(8-17(14,15)16)9-6-4-3-5-7-9/h2-7,10H,1,8H2,(H,12,13)(H,14,15,16)/p-1/t10-/m0/s1. The molecule has 0 aliphatic carbocycles. The quantitative estimate of drug-likeness (QED) is 0.615. The minimum absolute atomic E-state index is 0.525. The molecule has 6 heteroatoms. The molecule has 1 atom stereocenters. The maximum absolute atomic E-state index is 11.2. The van der Waals surface area contributed by atoms with Crippen LogP contribution in [-0.2, 0) is 14.9 Å². The van der Waals surface area contributed by atoms with Gasteiger partial charge in [0.1, 0.15) is 0 Å². The molecular weight excluding hydrogens is 242 g/mol. The van der Waals surface area contributed by atoms with Crippen LogP contribution >= 0.6 is 0 Å². The number of amides is 1. The molecule has 0 saturated carbocycles. The molecule has 0 spiro atoms. The van der Waals surface area contributed by atoms with Crippen LogP contribution in [0.3, 0.4) is 0 Å². The van der Waals surface area contributed by atoms with Gasteiger partial charge >= 0.3 is 0 Å². The van der Waals surface area contributed by atoms with Crippen LogP contribution in [0.5, 0.6) is 0 Å². The van der Waals surface area contributed by atoms with Gasteiger partial charge in [0.25, 0.3) is 0 Å². The molecule has 0 aliphatic rings. The van der Waals surface area contributed by atoms with E-state index in [4.69, 9.17) is 0 Å². The zero-order valence-corrected chi connectivity index (χ0v) is 9.81. The molecule has 17 heavy (non-hydrogen) atoms. The van der Waals surface area contributed by atoms with Gasteiger partial charge < -0.3 is 9.87 Å². The van der Waals surface area contributed by atoms with E-state index < -0.39 is 27.8 Å². The summed E-state index contributed by atoms with van der Waals surface area (Å²) in [5, 5.41) is 2.40. The van der Waals surface area contributed by atoms with E-state index in [9.17, 15) is 17.8 Å². The molecule has 0 fully saturated rings. The van der Waals surface area contributed by atoms with Crippen molar-refractivity contribution in [3.05, 3.63) is 48.6 Å². The SMILES string of the molecule is C=CC(=O)N[C@@H](CS(=O)(=O)[O-])c1ccccc1. The average molecular weight is 254 g/mol. The molecule has 92 valence electrons. The number of rotatable bonds is 5. The first kappa shape index (κ1) is 13.4. The van der Waals surface area contributed by atoms with E-state index in [1.807, 2.05) is 0 Å². The van der Waals surface area contributed by atoms with Gasteiger partial charge in [-0.2, -0.15) is 0 Å². The molecule has 0 heterocycles. The highest BCUT2D eigenvalue weighted by Gasteiger charge is 2.15. The van der Waals surface area contributed by atoms with Crippen LogP contribution in [0.2, 0.25) is 0 Å². The van der Waals surface area contributed by atoms with Gasteiger partial charge in [0.15, 0.2) is 0 Å². The second-order valence-corrected chi connectivity index (χ2v) is 4.85. The summed E-state index contributed by atoms with van der Waals surface area (Å²) in [6.07, 6.45) is 1.02. The second-order valence-electron chi connectivity index (χ2n) is 3.40. The van der Waals surface area contributed by atoms with Crippen molar-refractivity contribution in [3.63, 3.8) is 0 Å². The van der Waals surface area contributed by atoms with Crippen molar-refractivity contribution in [2.24, 2.45) is 0 Å². The highest BCUT2D eigenvalue weighted by atomic mass is 32.2. The van der Waals surface area contributed by atoms with Crippen molar-refractivity contribution in [3.8, 4) is 0 Å². The van der Waals surface area contributed by atoms with E-state index >= 15 is 0 Å². The van der Waals surface area contributed by atoms with E-state index in [0.717, 1.165) is 6.08 Å². The number of nitrogens with one attached hydrogen (secondary N) is 1. The first-order valence-electron chi connectivity index (χ1n) is 4.84. The van der Waals surface area contributed by atoms with Crippen molar-refractivity contribution in [2.45, 2.75) is 6.04 Å². The second kappa shape index (κ2) is 5.60. The third-order valence-corrected chi connectivity index (χ3v) is 2.82. The third-order valence-electron chi connectivity index (χ3n) is 2.07. The minimum atomic E-state index is -4.42. The van der Waals surface area contributed by atoms with Crippen molar-refractivity contribution in [2.75, 3.05) is 5.75 Å². The lowest BCUT2D eigenvalue weighted by Crippen LogP contribution is -2.31. The van der Waals surface area contributed by atoms with E-state index in [2.05, 4.69) is 11.9 Å². The van der Waals surface area contributed by atoms with Gasteiger partial charge in [0.05, 0.1) is 21.9 Å². The number of hydrogen-bond acceptors (Lipinski definition) is 4. The molecule has 0 saturated heterocycles. The van der Waals surface area contributed by atoms with Gasteiger partial charge in [-0.1, -0.05) is 36.9 Å². The van der Waals surface area contributed by atoms with Crippen LogP contribution in [0.1, 0.15) is 11.6 Å². The Labute approximate surface area is 99.9 Å². The lowest BCUT2D eigenvalue weighted by Gasteiger charge is -2.20. The molecule has 1 amide bonds. The minimum Gasteiger partial charge on any atom is -0.748 e. The number of carbonyl (C=O) groups is 1. The smallest absolute Gasteiger partial charge is 0.243 e. The van der Waals surface area contributed by atoms with E-state index in [1.165, 1.54) is 0 Å². The molecule has 0 bridgehead atoms. The highest BCUT2D eigenvalue weighted by Crippen LogP contribution is 2.14. The molecule has 0 aromatic heterocycles. The fraction of sp³-hybridized carbons (Fsp3) is 0.182. The molecule has 0 radical (unpaired) electrons. The maximum Gasteiger partial charge on any atom is 0.243 e. The lowest BCUT2D eigenvalue weighted by molar-refractivity contribution is -0.117. The molecule has 5 nitrogen and oxygen atoms in total. The summed E-state index contributed by atoms with van der Waals surface area (Å²) in [5.41, 5.74) is 0.558. The molecule has 1 N–H and O–H groups in total. The topological polar surface area (TPSA) is 86.3 Å². The van der Waals surface area contributed by atoms with Crippen molar-refractivity contribution in [1.82, 2.24) is 5.32 Å². The van der Waals surface area contributed by atoms with Crippen LogP contribution in [0.4, 0.5) is 0 Å². The number of hydrogen-bond donors (Lipinski definition) is 1. The number of carbonyl (C=O) groups excluding carboxylic acids is 1. The maximum atomic E-state index is 11.2. The molecule has 1 aromatic carbocycles. The van der Waals surface area contributed by atoms with Crippen LogP contribution in [0, 0.1) is 0 Å². The zero-order valence-electron chi connectivity index (χ0n) is 9.00. The summed E-state index contributed by atoms with van der Waals surface area (Å²) in [7, 11) is -4.42. The summed E-state index contributed by atoms with van der Waals surface area (Å²) in [6.45, 7) is 3.26. The van der Waals surface area contributed by atoms with Gasteiger partial charge in [0.2, 0.25) is 5.91 Å². The first-order valence-corrected chi connectivity index (χ1v) is 6.41. The summed E-state index contributed by atoms with van der Waals surface area (Å²) in [4.78, 5) is 11.2. The molecule has 1 rings (SSSR count). The highest BCUT2D eigenvalue weighted by molar-refractivity contribution is 7.85. The predicted molar refractivity (Wildman–Crippen MR) is 62.1 cm³/mol. The van der Waals surface area contributed by atoms with Gasteiger partial charge in [-0.25, -0.2) is 8.42 Å². The monoisotopic (exact) mass is 254 g/mol. The lowest BCUT2D eigenvalue weighted by atomic mass is 10.1. The Kier molecular flexibility index (Phi) is 4.42. The van der Waals surface area contributed by atoms with Crippen molar-refractivity contribution in [1.29, 1.82) is 0 Å². The van der Waals surface area contributed by atoms with Crippen LogP contribution in [0.15, 0.2) is 43.0 Å². The first-order chi connectivity index (χ1) is 7.92. The average Bonchev–Trinajstić information content (AvgIpc) is 2.27. The Morgan fingerprint density at radius 1 is 1.41 bits per heavy atom. The Morgan fingerprint density at radius 3 is 2.47 bits per heavy atom. The molecule has 0 unspecified atom stereocenters. The molecular formula is C11H12NO4S-. The summed E-state index contributed by atoms with van der Waals surface area (Å²) in [5.74, 6) is -1.21. The van der Waals surface area contributed by atoms with Gasteiger partial charge in [-0.05, 0) is 11.6 Å². The predicted octanol–water partition coefficient (Wildman–Crippen LogP) is 0.575.